The summed E-state index contributed by atoms with van der Waals surface area (Å²) < 4.78 is 53.4. The van der Waals surface area contributed by atoms with Crippen LogP contribution in [0, 0.1) is 0 Å². The summed E-state index contributed by atoms with van der Waals surface area (Å²) in [6.07, 6.45) is -4.78. The summed E-state index contributed by atoms with van der Waals surface area (Å²) in [5.41, 5.74) is -1.10. The van der Waals surface area contributed by atoms with Crippen molar-refractivity contribution in [3.05, 3.63) is 69.4 Å². The van der Waals surface area contributed by atoms with Crippen LogP contribution in [0.1, 0.15) is 16.2 Å². The highest BCUT2D eigenvalue weighted by molar-refractivity contribution is 9.10. The fraction of sp³-hybridized carbons (Fsp3) is 0.0952. The first-order chi connectivity index (χ1) is 15.7. The summed E-state index contributed by atoms with van der Waals surface area (Å²) in [5, 5.41) is 6.06. The van der Waals surface area contributed by atoms with E-state index in [2.05, 4.69) is 31.3 Å². The number of ether oxygens (including phenoxy) is 2. The lowest BCUT2D eigenvalue weighted by atomic mass is 10.1. The molecule has 1 amide bonds. The van der Waals surface area contributed by atoms with Crippen molar-refractivity contribution in [1.29, 1.82) is 0 Å². The quantitative estimate of drug-likeness (QED) is 0.355. The number of amides is 1. The molecule has 0 fully saturated rings. The maximum absolute atomic E-state index is 13.8. The smallest absolute Gasteiger partial charge is 0.433 e. The highest BCUT2D eigenvalue weighted by atomic mass is 79.9. The van der Waals surface area contributed by atoms with Gasteiger partial charge < -0.3 is 14.8 Å². The Labute approximate surface area is 197 Å². The van der Waals surface area contributed by atoms with E-state index in [4.69, 9.17) is 21.1 Å². The van der Waals surface area contributed by atoms with Crippen molar-refractivity contribution in [2.75, 3.05) is 12.1 Å². The van der Waals surface area contributed by atoms with E-state index < -0.39 is 23.5 Å². The van der Waals surface area contributed by atoms with Gasteiger partial charge in [-0.15, -0.1) is 0 Å². The Morgan fingerprint density at radius 1 is 1.15 bits per heavy atom. The van der Waals surface area contributed by atoms with Crippen molar-refractivity contribution >= 4 is 44.8 Å². The number of rotatable bonds is 3. The molecule has 0 radical (unpaired) electrons. The third-order valence-corrected chi connectivity index (χ3v) is 5.70. The third-order valence-electron chi connectivity index (χ3n) is 4.82. The number of alkyl halides is 3. The highest BCUT2D eigenvalue weighted by Gasteiger charge is 2.37. The van der Waals surface area contributed by atoms with Gasteiger partial charge in [0.15, 0.2) is 28.5 Å². The van der Waals surface area contributed by atoms with Gasteiger partial charge in [0.2, 0.25) is 6.79 Å². The first-order valence-corrected chi connectivity index (χ1v) is 10.5. The fourth-order valence-corrected chi connectivity index (χ4v) is 3.83. The average Bonchev–Trinajstić information content (AvgIpc) is 3.38. The Morgan fingerprint density at radius 2 is 1.91 bits per heavy atom. The Hall–Kier alpha value is -3.31. The van der Waals surface area contributed by atoms with Crippen LogP contribution in [0.4, 0.5) is 18.9 Å². The molecule has 5 rings (SSSR count). The lowest BCUT2D eigenvalue weighted by molar-refractivity contribution is -0.142. The zero-order valence-electron chi connectivity index (χ0n) is 16.3. The van der Waals surface area contributed by atoms with Crippen LogP contribution in [-0.2, 0) is 6.18 Å². The van der Waals surface area contributed by atoms with E-state index in [-0.39, 0.29) is 28.8 Å². The molecule has 3 heterocycles. The number of aromatic nitrogens is 3. The minimum Gasteiger partial charge on any atom is -0.454 e. The van der Waals surface area contributed by atoms with E-state index in [1.54, 1.807) is 42.5 Å². The Balaban J connectivity index is 1.61. The van der Waals surface area contributed by atoms with Crippen LogP contribution >= 0.6 is 27.5 Å². The van der Waals surface area contributed by atoms with Gasteiger partial charge in [0, 0.05) is 10.0 Å². The summed E-state index contributed by atoms with van der Waals surface area (Å²) in [7, 11) is 0. The molecule has 168 valence electrons. The van der Waals surface area contributed by atoms with Gasteiger partial charge in [-0.05, 0) is 30.3 Å². The average molecular weight is 540 g/mol. The maximum Gasteiger partial charge on any atom is 0.433 e. The van der Waals surface area contributed by atoms with Crippen LogP contribution in [0.5, 0.6) is 11.5 Å². The van der Waals surface area contributed by atoms with E-state index in [1.165, 1.54) is 0 Å². The zero-order valence-corrected chi connectivity index (χ0v) is 18.6. The van der Waals surface area contributed by atoms with E-state index in [1.807, 2.05) is 0 Å². The molecule has 1 aliphatic rings. The molecule has 2 aromatic heterocycles. The number of anilines is 1. The number of hydrogen-bond acceptors (Lipinski definition) is 5. The fourth-order valence-electron chi connectivity index (χ4n) is 3.32. The molecule has 0 saturated heterocycles. The molecule has 0 saturated carbocycles. The first kappa shape index (κ1) is 21.5. The number of nitrogens with one attached hydrogen (secondary N) is 1. The minimum atomic E-state index is -4.78. The zero-order chi connectivity index (χ0) is 23.3. The molecule has 0 bridgehead atoms. The van der Waals surface area contributed by atoms with Crippen LogP contribution in [0.25, 0.3) is 16.9 Å². The van der Waals surface area contributed by atoms with Crippen molar-refractivity contribution in [1.82, 2.24) is 14.6 Å². The number of hydrogen-bond donors (Lipinski definition) is 1. The predicted octanol–water partition coefficient (Wildman–Crippen LogP) is 5.81. The third kappa shape index (κ3) is 3.87. The molecule has 1 aliphatic heterocycles. The second-order valence-electron chi connectivity index (χ2n) is 6.92. The second kappa shape index (κ2) is 7.92. The molecule has 2 aromatic carbocycles. The van der Waals surface area contributed by atoms with Gasteiger partial charge in [0.1, 0.15) is 5.02 Å². The molecule has 33 heavy (non-hydrogen) atoms. The van der Waals surface area contributed by atoms with Crippen LogP contribution in [0.15, 0.2) is 53.0 Å². The molecule has 1 N–H and O–H groups in total. The molecule has 7 nitrogen and oxygen atoms in total. The van der Waals surface area contributed by atoms with Crippen LogP contribution in [-0.4, -0.2) is 27.3 Å². The lowest BCUT2D eigenvalue weighted by Crippen LogP contribution is -2.16. The Morgan fingerprint density at radius 3 is 2.64 bits per heavy atom. The highest BCUT2D eigenvalue weighted by Crippen LogP contribution is 2.39. The number of carbonyl (C=O) groups is 1. The summed E-state index contributed by atoms with van der Waals surface area (Å²) in [6.45, 7) is -0.0188. The number of carbonyl (C=O) groups excluding carboxylic acids is 1. The Kier molecular flexibility index (Phi) is 5.17. The first-order valence-electron chi connectivity index (χ1n) is 9.35. The van der Waals surface area contributed by atoms with Crippen molar-refractivity contribution in [2.45, 2.75) is 6.18 Å². The van der Waals surface area contributed by atoms with Gasteiger partial charge in [-0.25, -0.2) is 9.50 Å². The van der Waals surface area contributed by atoms with E-state index in [0.717, 1.165) is 10.5 Å². The second-order valence-corrected chi connectivity index (χ2v) is 8.22. The Bertz CT molecular complexity index is 1410. The standard InChI is InChI=1S/C21H11BrClF3N4O3/c22-11-6-4-10(5-7-11)13-8-15(21(24,25)26)30-19(27-13)16(23)17(29-30)20(31)28-12-2-1-3-14-18(12)33-9-32-14/h1-8H,9H2,(H,28,31). The van der Waals surface area contributed by atoms with Gasteiger partial charge in [0.05, 0.1) is 11.4 Å². The molecule has 0 unspecified atom stereocenters. The van der Waals surface area contributed by atoms with Gasteiger partial charge in [-0.1, -0.05) is 45.7 Å². The van der Waals surface area contributed by atoms with E-state index in [0.29, 0.717) is 21.6 Å². The maximum atomic E-state index is 13.8. The number of para-hydroxylation sites is 1. The van der Waals surface area contributed by atoms with Gasteiger partial charge in [-0.2, -0.15) is 18.3 Å². The van der Waals surface area contributed by atoms with Crippen LogP contribution < -0.4 is 14.8 Å². The summed E-state index contributed by atoms with van der Waals surface area (Å²) >= 11 is 9.59. The lowest BCUT2D eigenvalue weighted by Gasteiger charge is -2.11. The monoisotopic (exact) mass is 538 g/mol. The van der Waals surface area contributed by atoms with Gasteiger partial charge in [-0.3, -0.25) is 4.79 Å². The molecular formula is C21H11BrClF3N4O3. The van der Waals surface area contributed by atoms with Gasteiger partial charge in [0.25, 0.3) is 5.91 Å². The van der Waals surface area contributed by atoms with Crippen molar-refractivity contribution in [3.63, 3.8) is 0 Å². The largest absolute Gasteiger partial charge is 0.454 e. The summed E-state index contributed by atoms with van der Waals surface area (Å²) in [6, 6.07) is 12.3. The number of halogens is 5. The molecule has 12 heteroatoms. The number of benzene rings is 2. The topological polar surface area (TPSA) is 77.8 Å². The molecular weight excluding hydrogens is 529 g/mol. The number of fused-ring (bicyclic) bond motifs is 2. The molecule has 0 spiro atoms. The van der Waals surface area contributed by atoms with Crippen LogP contribution in [0.2, 0.25) is 5.02 Å². The summed E-state index contributed by atoms with van der Waals surface area (Å²) in [5.74, 6) is -0.0980. The van der Waals surface area contributed by atoms with E-state index >= 15 is 0 Å². The number of nitrogens with zero attached hydrogens (tertiary/aromatic N) is 3. The predicted molar refractivity (Wildman–Crippen MR) is 117 cm³/mol. The van der Waals surface area contributed by atoms with E-state index in [9.17, 15) is 18.0 Å². The normalized spacial score (nSPS) is 12.9. The van der Waals surface area contributed by atoms with Crippen molar-refractivity contribution in [3.8, 4) is 22.8 Å². The van der Waals surface area contributed by atoms with Gasteiger partial charge >= 0.3 is 6.18 Å². The summed E-state index contributed by atoms with van der Waals surface area (Å²) in [4.78, 5) is 17.1. The molecule has 0 aliphatic carbocycles. The van der Waals surface area contributed by atoms with Crippen LogP contribution in [0.3, 0.4) is 0 Å². The SMILES string of the molecule is O=C(Nc1cccc2c1OCO2)c1nn2c(C(F)(F)F)cc(-c3ccc(Br)cc3)nc2c1Cl. The minimum absolute atomic E-state index is 0.0188. The van der Waals surface area contributed by atoms with Crippen molar-refractivity contribution < 1.29 is 27.4 Å². The molecule has 0 atom stereocenters. The molecule has 4 aromatic rings. The van der Waals surface area contributed by atoms with Crippen molar-refractivity contribution in [2.24, 2.45) is 0 Å².